The summed E-state index contributed by atoms with van der Waals surface area (Å²) >= 11 is 0. The maximum Gasteiger partial charge on any atom is 0.244 e. The van der Waals surface area contributed by atoms with Crippen LogP contribution < -0.4 is 11.1 Å². The first-order valence-electron chi connectivity index (χ1n) is 6.09. The van der Waals surface area contributed by atoms with Gasteiger partial charge in [-0.1, -0.05) is 0 Å². The van der Waals surface area contributed by atoms with Crippen LogP contribution >= 0.6 is 0 Å². The first kappa shape index (κ1) is 11.8. The number of anilines is 1. The number of aromatic nitrogens is 4. The fourth-order valence-electron chi connectivity index (χ4n) is 1.96. The van der Waals surface area contributed by atoms with Gasteiger partial charge in [0, 0.05) is 0 Å². The number of carbonyl (C=O) groups is 1. The third-order valence-corrected chi connectivity index (χ3v) is 3.36. The molecule has 1 amide bonds. The molecule has 7 nitrogen and oxygen atoms in total. The number of pyridine rings is 1. The minimum atomic E-state index is -0.704. The summed E-state index contributed by atoms with van der Waals surface area (Å²) in [5.74, 6) is 0.496. The van der Waals surface area contributed by atoms with Crippen molar-refractivity contribution in [3.05, 3.63) is 31.0 Å². The highest BCUT2D eigenvalue weighted by atomic mass is 16.2. The van der Waals surface area contributed by atoms with Gasteiger partial charge in [0.15, 0.2) is 5.82 Å². The minimum absolute atomic E-state index is 0.144. The maximum absolute atomic E-state index is 11.9. The van der Waals surface area contributed by atoms with Gasteiger partial charge in [0.05, 0.1) is 17.4 Å². The Hall–Kier alpha value is -2.28. The van der Waals surface area contributed by atoms with Gasteiger partial charge in [-0.05, 0) is 31.4 Å². The molecule has 1 saturated carbocycles. The summed E-state index contributed by atoms with van der Waals surface area (Å²) in [6.07, 6.45) is 7.06. The zero-order valence-electron chi connectivity index (χ0n) is 10.3. The third kappa shape index (κ3) is 2.19. The largest absolute Gasteiger partial charge is 0.323 e. The summed E-state index contributed by atoms with van der Waals surface area (Å²) < 4.78 is 1.54. The van der Waals surface area contributed by atoms with Crippen molar-refractivity contribution < 1.29 is 4.79 Å². The van der Waals surface area contributed by atoms with E-state index in [0.29, 0.717) is 11.5 Å². The Morgan fingerprint density at radius 2 is 2.26 bits per heavy atom. The van der Waals surface area contributed by atoms with Crippen LogP contribution in [0.15, 0.2) is 31.0 Å². The lowest BCUT2D eigenvalue weighted by Gasteiger charge is -2.36. The van der Waals surface area contributed by atoms with Crippen molar-refractivity contribution in [2.45, 2.75) is 24.8 Å². The van der Waals surface area contributed by atoms with Crippen LogP contribution in [0.3, 0.4) is 0 Å². The summed E-state index contributed by atoms with van der Waals surface area (Å²) in [7, 11) is 0. The highest BCUT2D eigenvalue weighted by Gasteiger charge is 2.40. The van der Waals surface area contributed by atoms with Crippen molar-refractivity contribution in [3.63, 3.8) is 0 Å². The van der Waals surface area contributed by atoms with Crippen molar-refractivity contribution in [2.24, 2.45) is 5.73 Å². The third-order valence-electron chi connectivity index (χ3n) is 3.36. The van der Waals surface area contributed by atoms with Gasteiger partial charge < -0.3 is 11.1 Å². The number of rotatable bonds is 3. The number of nitrogens with one attached hydrogen (secondary N) is 1. The second kappa shape index (κ2) is 4.43. The molecule has 2 heterocycles. The molecule has 0 aromatic carbocycles. The van der Waals surface area contributed by atoms with Crippen molar-refractivity contribution in [1.29, 1.82) is 0 Å². The average molecular weight is 258 g/mol. The Bertz CT molecular complexity index is 573. The van der Waals surface area contributed by atoms with Crippen LogP contribution in [0.5, 0.6) is 0 Å². The maximum atomic E-state index is 11.9. The highest BCUT2D eigenvalue weighted by Crippen LogP contribution is 2.30. The first-order chi connectivity index (χ1) is 9.17. The van der Waals surface area contributed by atoms with E-state index in [1.54, 1.807) is 29.3 Å². The molecular weight excluding hydrogens is 244 g/mol. The molecular formula is C12H14N6O. The summed E-state index contributed by atoms with van der Waals surface area (Å²) in [5.41, 5.74) is 5.87. The SMILES string of the molecule is NC1(C(=O)Nc2ccc(-n3cncn3)nc2)CCC1. The number of amides is 1. The van der Waals surface area contributed by atoms with E-state index in [1.807, 2.05) is 0 Å². The molecule has 19 heavy (non-hydrogen) atoms. The van der Waals surface area contributed by atoms with Crippen molar-refractivity contribution >= 4 is 11.6 Å². The van der Waals surface area contributed by atoms with Gasteiger partial charge in [-0.3, -0.25) is 4.79 Å². The lowest BCUT2D eigenvalue weighted by Crippen LogP contribution is -2.56. The molecule has 1 aliphatic rings. The van der Waals surface area contributed by atoms with Gasteiger partial charge in [-0.15, -0.1) is 0 Å². The molecule has 3 rings (SSSR count). The van der Waals surface area contributed by atoms with Crippen LogP contribution in [-0.4, -0.2) is 31.2 Å². The lowest BCUT2D eigenvalue weighted by molar-refractivity contribution is -0.123. The number of carbonyl (C=O) groups excluding carboxylic acids is 1. The molecule has 7 heteroatoms. The Kier molecular flexibility index (Phi) is 2.75. The summed E-state index contributed by atoms with van der Waals surface area (Å²) in [6.45, 7) is 0. The summed E-state index contributed by atoms with van der Waals surface area (Å²) in [4.78, 5) is 20.0. The van der Waals surface area contributed by atoms with Crippen LogP contribution in [-0.2, 0) is 4.79 Å². The number of nitrogens with zero attached hydrogens (tertiary/aromatic N) is 4. The molecule has 1 fully saturated rings. The first-order valence-corrected chi connectivity index (χ1v) is 6.09. The van der Waals surface area contributed by atoms with E-state index in [2.05, 4.69) is 20.4 Å². The number of hydrogen-bond donors (Lipinski definition) is 2. The molecule has 0 aliphatic heterocycles. The van der Waals surface area contributed by atoms with Gasteiger partial charge in [0.1, 0.15) is 12.7 Å². The van der Waals surface area contributed by atoms with E-state index < -0.39 is 5.54 Å². The standard InChI is InChI=1S/C12H14N6O/c13-12(4-1-5-12)11(19)17-9-2-3-10(15-6-9)18-8-14-7-16-18/h2-3,6-8H,1,4-5,13H2,(H,17,19). The summed E-state index contributed by atoms with van der Waals surface area (Å²) in [6, 6.07) is 3.53. The van der Waals surface area contributed by atoms with E-state index in [1.165, 1.54) is 6.33 Å². The molecule has 1 aliphatic carbocycles. The van der Waals surface area contributed by atoms with Gasteiger partial charge in [0.2, 0.25) is 5.91 Å². The Morgan fingerprint density at radius 3 is 2.79 bits per heavy atom. The molecule has 0 unspecified atom stereocenters. The Balaban J connectivity index is 1.71. The molecule has 2 aromatic heterocycles. The van der Waals surface area contributed by atoms with E-state index in [0.717, 1.165) is 19.3 Å². The van der Waals surface area contributed by atoms with Crippen molar-refractivity contribution in [3.8, 4) is 5.82 Å². The van der Waals surface area contributed by atoms with Crippen LogP contribution in [0.2, 0.25) is 0 Å². The van der Waals surface area contributed by atoms with Gasteiger partial charge >= 0.3 is 0 Å². The predicted octanol–water partition coefficient (Wildman–Crippen LogP) is 0.482. The molecule has 3 N–H and O–H groups in total. The number of nitrogens with two attached hydrogens (primary N) is 1. The molecule has 0 atom stereocenters. The van der Waals surface area contributed by atoms with E-state index in [-0.39, 0.29) is 5.91 Å². The van der Waals surface area contributed by atoms with Crippen LogP contribution in [0.25, 0.3) is 5.82 Å². The number of hydrogen-bond acceptors (Lipinski definition) is 5. The summed E-state index contributed by atoms with van der Waals surface area (Å²) in [5, 5.41) is 6.76. The van der Waals surface area contributed by atoms with Crippen molar-refractivity contribution in [1.82, 2.24) is 19.7 Å². The molecule has 2 aromatic rings. The van der Waals surface area contributed by atoms with Crippen LogP contribution in [0.1, 0.15) is 19.3 Å². The highest BCUT2D eigenvalue weighted by molar-refractivity contribution is 5.98. The topological polar surface area (TPSA) is 98.7 Å². The minimum Gasteiger partial charge on any atom is -0.323 e. The lowest BCUT2D eigenvalue weighted by atomic mass is 9.77. The van der Waals surface area contributed by atoms with Crippen LogP contribution in [0.4, 0.5) is 5.69 Å². The van der Waals surface area contributed by atoms with E-state index >= 15 is 0 Å². The second-order valence-corrected chi connectivity index (χ2v) is 4.71. The Morgan fingerprint density at radius 1 is 1.42 bits per heavy atom. The van der Waals surface area contributed by atoms with E-state index in [4.69, 9.17) is 5.73 Å². The monoisotopic (exact) mass is 258 g/mol. The second-order valence-electron chi connectivity index (χ2n) is 4.71. The predicted molar refractivity (Wildman–Crippen MR) is 68.6 cm³/mol. The molecule has 0 radical (unpaired) electrons. The van der Waals surface area contributed by atoms with E-state index in [9.17, 15) is 4.79 Å². The fraction of sp³-hybridized carbons (Fsp3) is 0.333. The fourth-order valence-corrected chi connectivity index (χ4v) is 1.96. The zero-order valence-corrected chi connectivity index (χ0v) is 10.3. The quantitative estimate of drug-likeness (QED) is 0.834. The van der Waals surface area contributed by atoms with Crippen molar-refractivity contribution in [2.75, 3.05) is 5.32 Å². The Labute approximate surface area is 109 Å². The van der Waals surface area contributed by atoms with Gasteiger partial charge in [0.25, 0.3) is 0 Å². The van der Waals surface area contributed by atoms with Gasteiger partial charge in [-0.25, -0.2) is 14.6 Å². The zero-order chi connectivity index (χ0) is 13.3. The van der Waals surface area contributed by atoms with Gasteiger partial charge in [-0.2, -0.15) is 5.10 Å². The molecule has 0 spiro atoms. The smallest absolute Gasteiger partial charge is 0.244 e. The molecule has 0 bridgehead atoms. The molecule has 0 saturated heterocycles. The molecule has 98 valence electrons. The normalized spacial score (nSPS) is 16.7. The van der Waals surface area contributed by atoms with Crippen LogP contribution in [0, 0.1) is 0 Å². The average Bonchev–Trinajstić information content (AvgIpc) is 2.90.